The first-order chi connectivity index (χ1) is 7.48. The van der Waals surface area contributed by atoms with Gasteiger partial charge in [0.1, 0.15) is 11.5 Å². The van der Waals surface area contributed by atoms with Crippen molar-refractivity contribution >= 4 is 5.82 Å². The van der Waals surface area contributed by atoms with Crippen molar-refractivity contribution in [1.82, 2.24) is 10.2 Å². The number of aromatic amines is 1. The normalized spacial score (nSPS) is 31.5. The Morgan fingerprint density at radius 1 is 1.69 bits per heavy atom. The molecular formula is C11H19FN4. The molecule has 5 heteroatoms. The fourth-order valence-electron chi connectivity index (χ4n) is 2.36. The third-order valence-corrected chi connectivity index (χ3v) is 3.10. The number of halogens is 1. The maximum Gasteiger partial charge on any atom is 0.127 e. The lowest BCUT2D eigenvalue weighted by atomic mass is 9.99. The standard InChI is InChI=1S/C11H19FN4/c1-8-6-14-15-10(8)16-4-3-9(13)5-11(2,12)7-16/h6,9H,3-5,7,13H2,1-2H3,(H,14,15). The van der Waals surface area contributed by atoms with Crippen LogP contribution in [0.4, 0.5) is 10.2 Å². The first kappa shape index (κ1) is 11.4. The van der Waals surface area contributed by atoms with Gasteiger partial charge in [-0.15, -0.1) is 0 Å². The molecule has 1 aliphatic rings. The summed E-state index contributed by atoms with van der Waals surface area (Å²) < 4.78 is 14.2. The number of nitrogens with zero attached hydrogens (tertiary/aromatic N) is 2. The number of anilines is 1. The number of nitrogens with two attached hydrogens (primary N) is 1. The van der Waals surface area contributed by atoms with Crippen LogP contribution < -0.4 is 10.6 Å². The molecule has 0 bridgehead atoms. The van der Waals surface area contributed by atoms with Crippen molar-refractivity contribution in [2.75, 3.05) is 18.0 Å². The molecule has 2 heterocycles. The quantitative estimate of drug-likeness (QED) is 0.760. The van der Waals surface area contributed by atoms with Crippen molar-refractivity contribution in [3.63, 3.8) is 0 Å². The van der Waals surface area contributed by atoms with E-state index in [0.717, 1.165) is 24.3 Å². The number of aromatic nitrogens is 2. The van der Waals surface area contributed by atoms with Crippen LogP contribution in [0, 0.1) is 6.92 Å². The molecule has 4 nitrogen and oxygen atoms in total. The van der Waals surface area contributed by atoms with Gasteiger partial charge in [0.05, 0.1) is 12.7 Å². The van der Waals surface area contributed by atoms with Gasteiger partial charge in [-0.25, -0.2) is 4.39 Å². The monoisotopic (exact) mass is 226 g/mol. The summed E-state index contributed by atoms with van der Waals surface area (Å²) in [6.07, 6.45) is 3.00. The SMILES string of the molecule is Cc1cn[nH]c1N1CCC(N)CC(C)(F)C1. The first-order valence-electron chi connectivity index (χ1n) is 5.67. The molecule has 0 saturated carbocycles. The number of hydrogen-bond donors (Lipinski definition) is 2. The zero-order chi connectivity index (χ0) is 11.8. The summed E-state index contributed by atoms with van der Waals surface area (Å²) in [6, 6.07) is -0.0526. The molecule has 2 atom stereocenters. The molecule has 1 saturated heterocycles. The molecule has 2 rings (SSSR count). The lowest BCUT2D eigenvalue weighted by molar-refractivity contribution is 0.179. The fraction of sp³-hybridized carbons (Fsp3) is 0.727. The topological polar surface area (TPSA) is 57.9 Å². The Hall–Kier alpha value is -1.10. The highest BCUT2D eigenvalue weighted by Gasteiger charge is 2.33. The van der Waals surface area contributed by atoms with Gasteiger partial charge in [-0.1, -0.05) is 0 Å². The maximum absolute atomic E-state index is 14.2. The summed E-state index contributed by atoms with van der Waals surface area (Å²) in [7, 11) is 0. The Morgan fingerprint density at radius 3 is 3.06 bits per heavy atom. The largest absolute Gasteiger partial charge is 0.354 e. The molecule has 3 N–H and O–H groups in total. The Labute approximate surface area is 95.0 Å². The highest BCUT2D eigenvalue weighted by atomic mass is 19.1. The van der Waals surface area contributed by atoms with Gasteiger partial charge in [-0.3, -0.25) is 5.10 Å². The molecule has 0 radical (unpaired) electrons. The van der Waals surface area contributed by atoms with E-state index in [4.69, 9.17) is 5.73 Å². The van der Waals surface area contributed by atoms with Crippen LogP contribution in [0.2, 0.25) is 0 Å². The van der Waals surface area contributed by atoms with Crippen molar-refractivity contribution in [2.45, 2.75) is 38.4 Å². The molecule has 0 aromatic carbocycles. The van der Waals surface area contributed by atoms with E-state index in [1.54, 1.807) is 13.1 Å². The van der Waals surface area contributed by atoms with Gasteiger partial charge in [0.15, 0.2) is 0 Å². The van der Waals surface area contributed by atoms with E-state index >= 15 is 0 Å². The smallest absolute Gasteiger partial charge is 0.127 e. The zero-order valence-electron chi connectivity index (χ0n) is 9.83. The van der Waals surface area contributed by atoms with E-state index in [2.05, 4.69) is 10.2 Å². The van der Waals surface area contributed by atoms with Crippen molar-refractivity contribution in [1.29, 1.82) is 0 Å². The van der Waals surface area contributed by atoms with E-state index in [1.807, 2.05) is 11.8 Å². The van der Waals surface area contributed by atoms with Crippen molar-refractivity contribution in [3.05, 3.63) is 11.8 Å². The van der Waals surface area contributed by atoms with Gasteiger partial charge >= 0.3 is 0 Å². The second-order valence-corrected chi connectivity index (χ2v) is 4.99. The van der Waals surface area contributed by atoms with Crippen LogP contribution >= 0.6 is 0 Å². The molecule has 1 aromatic rings. The van der Waals surface area contributed by atoms with Crippen molar-refractivity contribution in [2.24, 2.45) is 5.73 Å². The summed E-state index contributed by atoms with van der Waals surface area (Å²) in [5.41, 5.74) is 5.69. The average Bonchev–Trinajstić information content (AvgIpc) is 2.52. The zero-order valence-corrected chi connectivity index (χ0v) is 9.83. The van der Waals surface area contributed by atoms with Crippen LogP contribution in [0.1, 0.15) is 25.3 Å². The highest BCUT2D eigenvalue weighted by molar-refractivity contribution is 5.45. The van der Waals surface area contributed by atoms with Crippen LogP contribution in [-0.2, 0) is 0 Å². The summed E-state index contributed by atoms with van der Waals surface area (Å²) in [6.45, 7) is 4.75. The number of alkyl halides is 1. The fourth-order valence-corrected chi connectivity index (χ4v) is 2.36. The number of H-pyrrole nitrogens is 1. The molecule has 0 spiro atoms. The molecule has 0 amide bonds. The van der Waals surface area contributed by atoms with Crippen molar-refractivity contribution < 1.29 is 4.39 Å². The number of aryl methyl sites for hydroxylation is 1. The second-order valence-electron chi connectivity index (χ2n) is 4.99. The Bertz CT molecular complexity index is 361. The third kappa shape index (κ3) is 2.35. The summed E-state index contributed by atoms with van der Waals surface area (Å²) in [5.74, 6) is 0.915. The highest BCUT2D eigenvalue weighted by Crippen LogP contribution is 2.27. The molecule has 16 heavy (non-hydrogen) atoms. The van der Waals surface area contributed by atoms with Gasteiger partial charge < -0.3 is 10.6 Å². The molecule has 1 fully saturated rings. The van der Waals surface area contributed by atoms with Crippen LogP contribution in [-0.4, -0.2) is 35.0 Å². The molecule has 90 valence electrons. The number of nitrogens with one attached hydrogen (secondary N) is 1. The van der Waals surface area contributed by atoms with E-state index in [-0.39, 0.29) is 6.04 Å². The third-order valence-electron chi connectivity index (χ3n) is 3.10. The van der Waals surface area contributed by atoms with Gasteiger partial charge in [0.25, 0.3) is 0 Å². The predicted molar refractivity (Wildman–Crippen MR) is 62.3 cm³/mol. The van der Waals surface area contributed by atoms with Gasteiger partial charge in [0, 0.05) is 18.2 Å². The molecular weight excluding hydrogens is 207 g/mol. The van der Waals surface area contributed by atoms with E-state index in [9.17, 15) is 4.39 Å². The Balaban J connectivity index is 2.20. The number of hydrogen-bond acceptors (Lipinski definition) is 3. The number of rotatable bonds is 1. The minimum Gasteiger partial charge on any atom is -0.354 e. The summed E-state index contributed by atoms with van der Waals surface area (Å²) in [4.78, 5) is 2.01. The molecule has 0 aliphatic carbocycles. The average molecular weight is 226 g/mol. The molecule has 2 unspecified atom stereocenters. The predicted octanol–water partition coefficient (Wildman–Crippen LogP) is 1.37. The van der Waals surface area contributed by atoms with Gasteiger partial charge in [-0.2, -0.15) is 5.10 Å². The first-order valence-corrected chi connectivity index (χ1v) is 5.67. The second kappa shape index (κ2) is 4.05. The summed E-state index contributed by atoms with van der Waals surface area (Å²) in [5, 5.41) is 6.90. The van der Waals surface area contributed by atoms with Crippen LogP contribution in [0.25, 0.3) is 0 Å². The van der Waals surface area contributed by atoms with Gasteiger partial charge in [0.2, 0.25) is 0 Å². The minimum atomic E-state index is -1.23. The Kier molecular flexibility index (Phi) is 2.88. The Morgan fingerprint density at radius 2 is 2.44 bits per heavy atom. The maximum atomic E-state index is 14.2. The van der Waals surface area contributed by atoms with Crippen LogP contribution in [0.15, 0.2) is 6.20 Å². The van der Waals surface area contributed by atoms with Crippen LogP contribution in [0.3, 0.4) is 0 Å². The van der Waals surface area contributed by atoms with E-state index in [0.29, 0.717) is 13.0 Å². The summed E-state index contributed by atoms with van der Waals surface area (Å²) >= 11 is 0. The lowest BCUT2D eigenvalue weighted by Gasteiger charge is -2.27. The minimum absolute atomic E-state index is 0.0526. The molecule has 1 aromatic heterocycles. The van der Waals surface area contributed by atoms with E-state index in [1.165, 1.54) is 0 Å². The van der Waals surface area contributed by atoms with E-state index < -0.39 is 5.67 Å². The molecule has 1 aliphatic heterocycles. The lowest BCUT2D eigenvalue weighted by Crippen LogP contribution is -2.37. The van der Waals surface area contributed by atoms with Gasteiger partial charge in [-0.05, 0) is 26.7 Å². The van der Waals surface area contributed by atoms with Crippen molar-refractivity contribution in [3.8, 4) is 0 Å². The van der Waals surface area contributed by atoms with Crippen LogP contribution in [0.5, 0.6) is 0 Å².